The van der Waals surface area contributed by atoms with Crippen molar-refractivity contribution in [2.24, 2.45) is 5.92 Å². The van der Waals surface area contributed by atoms with Gasteiger partial charge in [0.15, 0.2) is 0 Å². The highest BCUT2D eigenvalue weighted by atomic mass is 32.1. The zero-order valence-corrected chi connectivity index (χ0v) is 10.6. The van der Waals surface area contributed by atoms with Crippen molar-refractivity contribution in [3.8, 4) is 0 Å². The number of hydrogen-bond acceptors (Lipinski definition) is 6. The summed E-state index contributed by atoms with van der Waals surface area (Å²) < 4.78 is 5.17. The van der Waals surface area contributed by atoms with Crippen molar-refractivity contribution in [2.75, 3.05) is 5.75 Å². The molecule has 1 saturated heterocycles. The summed E-state index contributed by atoms with van der Waals surface area (Å²) in [5, 5.41) is 9.80. The van der Waals surface area contributed by atoms with Gasteiger partial charge in [0.25, 0.3) is 0 Å². The molecule has 0 aromatic carbocycles. The Morgan fingerprint density at radius 2 is 2.41 bits per heavy atom. The van der Waals surface area contributed by atoms with E-state index in [1.165, 1.54) is 6.92 Å². The molecule has 0 aromatic rings. The molecule has 0 saturated carbocycles. The summed E-state index contributed by atoms with van der Waals surface area (Å²) in [4.78, 5) is 21.4. The van der Waals surface area contributed by atoms with E-state index in [2.05, 4.69) is 12.6 Å². The highest BCUT2D eigenvalue weighted by Crippen LogP contribution is 2.44. The number of thiol groups is 1. The van der Waals surface area contributed by atoms with Gasteiger partial charge in [-0.2, -0.15) is 12.6 Å². The Bertz CT molecular complexity index is 345. The molecule has 0 aromatic heterocycles. The van der Waals surface area contributed by atoms with Crippen LogP contribution in [0, 0.1) is 5.92 Å². The summed E-state index contributed by atoms with van der Waals surface area (Å²) in [5.41, 5.74) is -0.734. The molecule has 0 amide bonds. The number of aliphatic hydroxyl groups is 1. The fourth-order valence-electron chi connectivity index (χ4n) is 2.50. The fraction of sp³-hybridized carbons (Fsp3) is 0.727. The van der Waals surface area contributed by atoms with Gasteiger partial charge in [-0.3, -0.25) is 4.79 Å². The average molecular weight is 260 g/mol. The Balaban J connectivity index is 2.25. The smallest absolute Gasteiger partial charge is 0.302 e. The van der Waals surface area contributed by atoms with Crippen molar-refractivity contribution in [3.63, 3.8) is 0 Å². The predicted octanol–water partition coefficient (Wildman–Crippen LogP) is 0.484. The molecule has 1 fully saturated rings. The van der Waals surface area contributed by atoms with Gasteiger partial charge in [0, 0.05) is 12.7 Å². The molecule has 1 N–H and O–H groups in total. The maximum atomic E-state index is 11.0. The first-order valence-electron chi connectivity index (χ1n) is 5.50. The largest absolute Gasteiger partial charge is 0.462 e. The number of fused-ring (bicyclic) bond motifs is 2. The first kappa shape index (κ1) is 12.9. The zero-order chi connectivity index (χ0) is 12.6. The highest BCUT2D eigenvalue weighted by Gasteiger charge is 2.57. The molecule has 2 rings (SSSR count). The minimum Gasteiger partial charge on any atom is -0.462 e. The van der Waals surface area contributed by atoms with E-state index in [0.29, 0.717) is 5.75 Å². The van der Waals surface area contributed by atoms with Crippen molar-refractivity contribution < 1.29 is 24.4 Å². The van der Waals surface area contributed by atoms with E-state index in [-0.39, 0.29) is 11.9 Å². The number of carbonyl (C=O) groups excluding carboxylic acids is 1. The topological polar surface area (TPSA) is 65.0 Å². The van der Waals surface area contributed by atoms with Gasteiger partial charge in [-0.25, -0.2) is 9.78 Å². The fourth-order valence-corrected chi connectivity index (χ4v) is 2.87. The molecule has 2 aliphatic rings. The Hall–Kier alpha value is -0.560. The lowest BCUT2D eigenvalue weighted by atomic mass is 9.75. The van der Waals surface area contributed by atoms with Crippen molar-refractivity contribution in [1.82, 2.24) is 0 Å². The first-order chi connectivity index (χ1) is 8.00. The number of esters is 1. The van der Waals surface area contributed by atoms with Crippen LogP contribution in [0.25, 0.3) is 0 Å². The molecule has 1 heterocycles. The van der Waals surface area contributed by atoms with E-state index >= 15 is 0 Å². The van der Waals surface area contributed by atoms with Crippen LogP contribution in [0.5, 0.6) is 0 Å². The molecule has 2 bridgehead atoms. The maximum Gasteiger partial charge on any atom is 0.302 e. The summed E-state index contributed by atoms with van der Waals surface area (Å²) in [6.45, 7) is 3.11. The Labute approximate surface area is 105 Å². The molecule has 5 nitrogen and oxygen atoms in total. The summed E-state index contributed by atoms with van der Waals surface area (Å²) in [6.07, 6.45) is 1.67. The van der Waals surface area contributed by atoms with Crippen molar-refractivity contribution >= 4 is 18.6 Å². The van der Waals surface area contributed by atoms with Gasteiger partial charge in [-0.1, -0.05) is 6.08 Å². The number of aliphatic hydroxyl groups excluding tert-OH is 1. The minimum absolute atomic E-state index is 0.260. The van der Waals surface area contributed by atoms with Crippen LogP contribution in [0.2, 0.25) is 0 Å². The van der Waals surface area contributed by atoms with E-state index < -0.39 is 23.9 Å². The van der Waals surface area contributed by atoms with Crippen molar-refractivity contribution in [1.29, 1.82) is 0 Å². The predicted molar refractivity (Wildman–Crippen MR) is 62.4 cm³/mol. The van der Waals surface area contributed by atoms with E-state index in [1.807, 2.05) is 0 Å². The second kappa shape index (κ2) is 4.61. The van der Waals surface area contributed by atoms with Gasteiger partial charge in [0.05, 0.1) is 5.92 Å². The van der Waals surface area contributed by atoms with Crippen LogP contribution in [-0.2, 0) is 19.3 Å². The lowest BCUT2D eigenvalue weighted by Gasteiger charge is -2.36. The van der Waals surface area contributed by atoms with Gasteiger partial charge in [0.1, 0.15) is 23.9 Å². The van der Waals surface area contributed by atoms with Gasteiger partial charge in [0.2, 0.25) is 0 Å². The van der Waals surface area contributed by atoms with E-state index in [0.717, 1.165) is 0 Å². The lowest BCUT2D eigenvalue weighted by molar-refractivity contribution is -0.314. The summed E-state index contributed by atoms with van der Waals surface area (Å²) >= 11 is 4.25. The molecule has 5 atom stereocenters. The SMILES string of the molecule is CC(=O)O[C@H](C)[C@@H]1[C@@H]2OO[C@@]1(CS)C=C[C@H]2O. The van der Waals surface area contributed by atoms with E-state index in [4.69, 9.17) is 14.5 Å². The number of rotatable bonds is 3. The monoisotopic (exact) mass is 260 g/mol. The van der Waals surface area contributed by atoms with E-state index in [1.54, 1.807) is 19.1 Å². The molecule has 6 heteroatoms. The number of ether oxygens (including phenoxy) is 1. The Kier molecular flexibility index (Phi) is 3.49. The molecule has 0 spiro atoms. The van der Waals surface area contributed by atoms with Gasteiger partial charge in [-0.05, 0) is 13.0 Å². The molecule has 17 heavy (non-hydrogen) atoms. The Morgan fingerprint density at radius 3 is 3.00 bits per heavy atom. The van der Waals surface area contributed by atoms with E-state index in [9.17, 15) is 9.90 Å². The summed E-state index contributed by atoms with van der Waals surface area (Å²) in [6, 6.07) is 0. The molecule has 0 radical (unpaired) electrons. The standard InChI is InChI=1S/C11H16O5S/c1-6(14-7(2)12)9-10-8(13)3-4-11(9,5-17)16-15-10/h3-4,6,8-10,13,17H,5H2,1-2H3/t6-,8-,9-,10-,11-/m1/s1. The Morgan fingerprint density at radius 1 is 1.71 bits per heavy atom. The van der Waals surface area contributed by atoms with Crippen LogP contribution < -0.4 is 0 Å². The summed E-state index contributed by atoms with van der Waals surface area (Å²) in [5.74, 6) is -0.234. The average Bonchev–Trinajstić information content (AvgIpc) is 2.57. The molecule has 96 valence electrons. The van der Waals surface area contributed by atoms with Crippen LogP contribution in [0.3, 0.4) is 0 Å². The van der Waals surface area contributed by atoms with Crippen LogP contribution in [-0.4, -0.2) is 40.7 Å². The van der Waals surface area contributed by atoms with Crippen LogP contribution >= 0.6 is 12.6 Å². The quantitative estimate of drug-likeness (QED) is 0.334. The highest BCUT2D eigenvalue weighted by molar-refractivity contribution is 7.80. The third kappa shape index (κ3) is 2.10. The second-order valence-corrected chi connectivity index (χ2v) is 4.76. The molecule has 1 aliphatic carbocycles. The van der Waals surface area contributed by atoms with Gasteiger partial charge in [-0.15, -0.1) is 0 Å². The molecular formula is C11H16O5S. The van der Waals surface area contributed by atoms with Crippen molar-refractivity contribution in [2.45, 2.75) is 37.8 Å². The maximum absolute atomic E-state index is 11.0. The zero-order valence-electron chi connectivity index (χ0n) is 9.70. The number of carbonyl (C=O) groups is 1. The van der Waals surface area contributed by atoms with Gasteiger partial charge >= 0.3 is 5.97 Å². The second-order valence-electron chi connectivity index (χ2n) is 4.45. The first-order valence-corrected chi connectivity index (χ1v) is 6.13. The van der Waals surface area contributed by atoms with Crippen LogP contribution in [0.1, 0.15) is 13.8 Å². The van der Waals surface area contributed by atoms with Crippen LogP contribution in [0.4, 0.5) is 0 Å². The summed E-state index contributed by atoms with van der Waals surface area (Å²) in [7, 11) is 0. The van der Waals surface area contributed by atoms with Gasteiger partial charge < -0.3 is 9.84 Å². The third-order valence-corrected chi connectivity index (χ3v) is 3.74. The third-order valence-electron chi connectivity index (χ3n) is 3.25. The normalized spacial score (nSPS) is 41.3. The van der Waals surface area contributed by atoms with Crippen LogP contribution in [0.15, 0.2) is 12.2 Å². The lowest BCUT2D eigenvalue weighted by Crippen LogP contribution is -2.51. The molecule has 1 aliphatic heterocycles. The molecular weight excluding hydrogens is 244 g/mol. The molecule has 0 unspecified atom stereocenters. The number of hydrogen-bond donors (Lipinski definition) is 2. The minimum atomic E-state index is -0.756. The van der Waals surface area contributed by atoms with Crippen molar-refractivity contribution in [3.05, 3.63) is 12.2 Å².